The van der Waals surface area contributed by atoms with Crippen molar-refractivity contribution < 1.29 is 5.11 Å². The summed E-state index contributed by atoms with van der Waals surface area (Å²) in [6.45, 7) is 4.24. The Labute approximate surface area is 121 Å². The van der Waals surface area contributed by atoms with Crippen LogP contribution in [0.5, 0.6) is 0 Å². The molecule has 19 heavy (non-hydrogen) atoms. The number of nitrogens with zero attached hydrogens (tertiary/aromatic N) is 2. The summed E-state index contributed by atoms with van der Waals surface area (Å²) in [5, 5.41) is 17.1. The summed E-state index contributed by atoms with van der Waals surface area (Å²) in [6.07, 6.45) is 8.24. The van der Waals surface area contributed by atoms with Crippen molar-refractivity contribution in [2.75, 3.05) is 11.9 Å². The van der Waals surface area contributed by atoms with Crippen molar-refractivity contribution in [2.24, 2.45) is 0 Å². The zero-order valence-electron chi connectivity index (χ0n) is 11.1. The molecule has 5 nitrogen and oxygen atoms in total. The lowest BCUT2D eigenvalue weighted by Crippen LogP contribution is -2.34. The first kappa shape index (κ1) is 15.7. The highest BCUT2D eigenvalue weighted by Crippen LogP contribution is 2.19. The molecule has 0 saturated heterocycles. The molecule has 0 aliphatic heterocycles. The summed E-state index contributed by atoms with van der Waals surface area (Å²) < 4.78 is 1.56. The van der Waals surface area contributed by atoms with Gasteiger partial charge in [-0.2, -0.15) is 5.10 Å². The highest BCUT2D eigenvalue weighted by atomic mass is 79.9. The van der Waals surface area contributed by atoms with Crippen molar-refractivity contribution in [3.8, 4) is 12.3 Å². The van der Waals surface area contributed by atoms with Gasteiger partial charge in [-0.25, -0.2) is 4.68 Å². The van der Waals surface area contributed by atoms with Crippen LogP contribution in [0.1, 0.15) is 26.7 Å². The molecular weight excluding hydrogens is 310 g/mol. The molecule has 0 bridgehead atoms. The summed E-state index contributed by atoms with van der Waals surface area (Å²) in [4.78, 5) is 11.9. The predicted octanol–water partition coefficient (Wildman–Crippen LogP) is 1.60. The molecule has 1 aromatic rings. The van der Waals surface area contributed by atoms with Crippen LogP contribution in [-0.4, -0.2) is 27.0 Å². The van der Waals surface area contributed by atoms with Gasteiger partial charge in [-0.1, -0.05) is 19.3 Å². The van der Waals surface area contributed by atoms with E-state index in [1.165, 1.54) is 10.9 Å². The van der Waals surface area contributed by atoms with Crippen LogP contribution in [0.15, 0.2) is 15.5 Å². The van der Waals surface area contributed by atoms with Crippen LogP contribution in [0.4, 0.5) is 5.69 Å². The van der Waals surface area contributed by atoms with Gasteiger partial charge in [-0.05, 0) is 29.3 Å². The lowest BCUT2D eigenvalue weighted by atomic mass is 10.0. The molecule has 2 N–H and O–H groups in total. The maximum absolute atomic E-state index is 11.9. The molecule has 1 aromatic heterocycles. The number of aromatic nitrogens is 2. The van der Waals surface area contributed by atoms with Gasteiger partial charge >= 0.3 is 0 Å². The first-order chi connectivity index (χ1) is 8.91. The van der Waals surface area contributed by atoms with Crippen LogP contribution in [0, 0.1) is 12.3 Å². The summed E-state index contributed by atoms with van der Waals surface area (Å²) in [6, 6.07) is 0. The summed E-state index contributed by atoms with van der Waals surface area (Å²) in [5.74, 6) is 2.36. The van der Waals surface area contributed by atoms with Crippen LogP contribution in [0.3, 0.4) is 0 Å². The number of halogens is 1. The van der Waals surface area contributed by atoms with Gasteiger partial charge < -0.3 is 10.4 Å². The Kier molecular flexibility index (Phi) is 5.58. The second kappa shape index (κ2) is 6.73. The van der Waals surface area contributed by atoms with Gasteiger partial charge in [0.15, 0.2) is 0 Å². The van der Waals surface area contributed by atoms with Crippen molar-refractivity contribution in [2.45, 2.75) is 38.8 Å². The topological polar surface area (TPSA) is 67.2 Å². The minimum atomic E-state index is -0.818. The molecule has 1 unspecified atom stereocenters. The van der Waals surface area contributed by atoms with Gasteiger partial charge in [0, 0.05) is 6.54 Å². The predicted molar refractivity (Wildman–Crippen MR) is 79.1 cm³/mol. The van der Waals surface area contributed by atoms with Crippen molar-refractivity contribution in [3.63, 3.8) is 0 Å². The van der Waals surface area contributed by atoms with E-state index in [0.717, 1.165) is 6.42 Å². The number of anilines is 1. The third kappa shape index (κ3) is 4.37. The molecule has 0 aliphatic carbocycles. The Morgan fingerprint density at radius 2 is 2.37 bits per heavy atom. The second-order valence-electron chi connectivity index (χ2n) is 4.64. The van der Waals surface area contributed by atoms with Gasteiger partial charge in [0.05, 0.1) is 17.5 Å². The molecule has 0 fully saturated rings. The van der Waals surface area contributed by atoms with E-state index in [4.69, 9.17) is 6.42 Å². The number of aliphatic hydroxyl groups is 1. The first-order valence-electron chi connectivity index (χ1n) is 6.06. The van der Waals surface area contributed by atoms with Gasteiger partial charge in [-0.15, -0.1) is 6.42 Å². The molecule has 0 amide bonds. The quantitative estimate of drug-likeness (QED) is 0.779. The molecule has 0 radical (unpaired) electrons. The van der Waals surface area contributed by atoms with Crippen molar-refractivity contribution >= 4 is 21.6 Å². The van der Waals surface area contributed by atoms with Gasteiger partial charge in [-0.3, -0.25) is 4.79 Å². The number of hydrogen-bond donors (Lipinski definition) is 2. The third-order valence-corrected chi connectivity index (χ3v) is 3.44. The molecule has 0 spiro atoms. The van der Waals surface area contributed by atoms with Crippen LogP contribution >= 0.6 is 15.9 Å². The largest absolute Gasteiger partial charge is 0.388 e. The lowest BCUT2D eigenvalue weighted by Gasteiger charge is -2.23. The Morgan fingerprint density at radius 3 is 2.95 bits per heavy atom. The maximum atomic E-state index is 11.9. The van der Waals surface area contributed by atoms with E-state index in [0.29, 0.717) is 23.1 Å². The van der Waals surface area contributed by atoms with Gasteiger partial charge in [0.25, 0.3) is 5.56 Å². The Balaban J connectivity index is 2.84. The van der Waals surface area contributed by atoms with Crippen LogP contribution < -0.4 is 10.9 Å². The van der Waals surface area contributed by atoms with Crippen LogP contribution in [0.2, 0.25) is 0 Å². The second-order valence-corrected chi connectivity index (χ2v) is 5.43. The zero-order chi connectivity index (χ0) is 14.5. The number of hydrogen-bond acceptors (Lipinski definition) is 4. The minimum absolute atomic E-state index is 0.130. The summed E-state index contributed by atoms with van der Waals surface area (Å²) in [7, 11) is 0. The Morgan fingerprint density at radius 1 is 1.68 bits per heavy atom. The van der Waals surface area contributed by atoms with E-state index in [9.17, 15) is 9.90 Å². The van der Waals surface area contributed by atoms with E-state index in [-0.39, 0.29) is 12.1 Å². The number of nitrogens with one attached hydrogen (secondary N) is 1. The molecular formula is C13H18BrN3O2. The molecule has 104 valence electrons. The lowest BCUT2D eigenvalue weighted by molar-refractivity contribution is 0.0636. The third-order valence-electron chi connectivity index (χ3n) is 2.67. The summed E-state index contributed by atoms with van der Waals surface area (Å²) in [5.41, 5.74) is -0.560. The van der Waals surface area contributed by atoms with Crippen LogP contribution in [-0.2, 0) is 6.54 Å². The first-order valence-corrected chi connectivity index (χ1v) is 6.86. The Hall–Kier alpha value is -1.32. The molecule has 1 atom stereocenters. The van der Waals surface area contributed by atoms with E-state index in [1.54, 1.807) is 6.92 Å². The standard InChI is InChI=1S/C13H18BrN3O2/c1-4-6-13(3,19)9-15-10-8-16-17(7-5-2)12(18)11(10)14/h2,8,15,19H,4,6-7,9H2,1,3H3. The monoisotopic (exact) mass is 327 g/mol. The van der Waals surface area contributed by atoms with E-state index >= 15 is 0 Å². The van der Waals surface area contributed by atoms with Crippen molar-refractivity contribution in [1.29, 1.82) is 0 Å². The van der Waals surface area contributed by atoms with Crippen LogP contribution in [0.25, 0.3) is 0 Å². The molecule has 0 aliphatic rings. The average Bonchev–Trinajstić information content (AvgIpc) is 2.34. The molecule has 0 aromatic carbocycles. The maximum Gasteiger partial charge on any atom is 0.284 e. The van der Waals surface area contributed by atoms with Crippen molar-refractivity contribution in [1.82, 2.24) is 9.78 Å². The molecule has 1 rings (SSSR count). The zero-order valence-corrected chi connectivity index (χ0v) is 12.7. The number of terminal acetylenes is 1. The smallest absolute Gasteiger partial charge is 0.284 e. The highest BCUT2D eigenvalue weighted by molar-refractivity contribution is 9.10. The fourth-order valence-corrected chi connectivity index (χ4v) is 2.15. The van der Waals surface area contributed by atoms with E-state index in [2.05, 4.69) is 32.3 Å². The van der Waals surface area contributed by atoms with Crippen molar-refractivity contribution in [3.05, 3.63) is 21.0 Å². The normalized spacial score (nSPS) is 13.6. The summed E-state index contributed by atoms with van der Waals surface area (Å²) >= 11 is 3.22. The minimum Gasteiger partial charge on any atom is -0.388 e. The molecule has 0 saturated carbocycles. The van der Waals surface area contributed by atoms with Gasteiger partial charge in [0.2, 0.25) is 0 Å². The average molecular weight is 328 g/mol. The van der Waals surface area contributed by atoms with E-state index < -0.39 is 5.60 Å². The SMILES string of the molecule is C#CCn1ncc(NCC(C)(O)CCC)c(Br)c1=O. The van der Waals surface area contributed by atoms with E-state index in [1.807, 2.05) is 6.92 Å². The molecule has 6 heteroatoms. The fourth-order valence-electron chi connectivity index (χ4n) is 1.70. The van der Waals surface area contributed by atoms with Gasteiger partial charge in [0.1, 0.15) is 11.0 Å². The Bertz CT molecular complexity index is 532. The fraction of sp³-hybridized carbons (Fsp3) is 0.538. The highest BCUT2D eigenvalue weighted by Gasteiger charge is 2.19. The molecule has 1 heterocycles. The number of rotatable bonds is 6.